The van der Waals surface area contributed by atoms with Gasteiger partial charge in [0.25, 0.3) is 10.0 Å². The maximum absolute atomic E-state index is 12.3. The molecule has 2 rings (SSSR count). The highest BCUT2D eigenvalue weighted by Crippen LogP contribution is 2.24. The van der Waals surface area contributed by atoms with Gasteiger partial charge in [0.1, 0.15) is 4.90 Å². The molecule has 0 aliphatic heterocycles. The Morgan fingerprint density at radius 1 is 1.43 bits per heavy atom. The second-order valence-electron chi connectivity index (χ2n) is 4.39. The Kier molecular flexibility index (Phi) is 4.50. The van der Waals surface area contributed by atoms with Crippen LogP contribution in [0.1, 0.15) is 24.6 Å². The molecular weight excluding hydrogens is 312 g/mol. The summed E-state index contributed by atoms with van der Waals surface area (Å²) in [6.45, 7) is 2.01. The van der Waals surface area contributed by atoms with E-state index < -0.39 is 10.0 Å². The first-order chi connectivity index (χ1) is 9.96. The van der Waals surface area contributed by atoms with Gasteiger partial charge < -0.3 is 0 Å². The van der Waals surface area contributed by atoms with E-state index >= 15 is 0 Å². The zero-order chi connectivity index (χ0) is 15.5. The average Bonchev–Trinajstić information content (AvgIpc) is 2.86. The number of aromatic amines is 1. The normalized spacial score (nSPS) is 11.1. The number of aryl methyl sites for hydroxylation is 1. The molecule has 0 radical (unpaired) electrons. The zero-order valence-electron chi connectivity index (χ0n) is 11.2. The molecule has 6 nitrogen and oxygen atoms in total. The molecule has 0 amide bonds. The summed E-state index contributed by atoms with van der Waals surface area (Å²) in [6, 6.07) is 7.56. The molecular formula is C13H13ClN4O2S. The van der Waals surface area contributed by atoms with E-state index in [0.717, 1.165) is 18.5 Å². The van der Waals surface area contributed by atoms with Crippen molar-refractivity contribution in [3.05, 3.63) is 40.5 Å². The molecule has 2 aromatic rings. The number of aromatic nitrogens is 2. The van der Waals surface area contributed by atoms with Crippen LogP contribution in [-0.2, 0) is 16.4 Å². The number of nitrogens with one attached hydrogen (secondary N) is 2. The van der Waals surface area contributed by atoms with Crippen LogP contribution in [0.15, 0.2) is 29.2 Å². The number of anilines is 1. The van der Waals surface area contributed by atoms with Crippen molar-refractivity contribution < 1.29 is 8.42 Å². The molecule has 0 aliphatic carbocycles. The molecule has 0 fully saturated rings. The maximum atomic E-state index is 12.3. The van der Waals surface area contributed by atoms with Gasteiger partial charge in [0.15, 0.2) is 5.82 Å². The van der Waals surface area contributed by atoms with Gasteiger partial charge in [-0.25, -0.2) is 8.42 Å². The molecule has 21 heavy (non-hydrogen) atoms. The fraction of sp³-hybridized carbons (Fsp3) is 0.231. The molecule has 0 unspecified atom stereocenters. The summed E-state index contributed by atoms with van der Waals surface area (Å²) < 4.78 is 26.9. The van der Waals surface area contributed by atoms with Gasteiger partial charge in [0.2, 0.25) is 0 Å². The Morgan fingerprint density at radius 2 is 2.19 bits per heavy atom. The number of rotatable bonds is 5. The standard InChI is InChI=1S/C13H13ClN4O2S/c1-2-3-10-7-13(17-16-10)18-21(19,20)12-6-9(8-15)4-5-11(12)14/h4-7H,2-3H2,1H3,(H2,16,17,18). The molecule has 2 N–H and O–H groups in total. The molecule has 1 aromatic heterocycles. The number of nitriles is 1. The second kappa shape index (κ2) is 6.16. The molecule has 0 saturated heterocycles. The Labute approximate surface area is 127 Å². The first-order valence-electron chi connectivity index (χ1n) is 6.23. The van der Waals surface area contributed by atoms with Crippen molar-refractivity contribution in [1.82, 2.24) is 10.2 Å². The fourth-order valence-corrected chi connectivity index (χ4v) is 3.30. The number of H-pyrrole nitrogens is 1. The van der Waals surface area contributed by atoms with Gasteiger partial charge in [-0.05, 0) is 24.6 Å². The molecule has 0 bridgehead atoms. The van der Waals surface area contributed by atoms with Crippen LogP contribution in [0.5, 0.6) is 0 Å². The van der Waals surface area contributed by atoms with E-state index in [1.807, 2.05) is 13.0 Å². The van der Waals surface area contributed by atoms with Crippen LogP contribution in [0, 0.1) is 11.3 Å². The minimum atomic E-state index is -3.89. The van der Waals surface area contributed by atoms with Crippen molar-refractivity contribution in [2.24, 2.45) is 0 Å². The van der Waals surface area contributed by atoms with E-state index in [1.165, 1.54) is 18.2 Å². The smallest absolute Gasteiger partial charge is 0.264 e. The lowest BCUT2D eigenvalue weighted by Crippen LogP contribution is -2.14. The van der Waals surface area contributed by atoms with E-state index in [4.69, 9.17) is 16.9 Å². The number of benzene rings is 1. The van der Waals surface area contributed by atoms with Crippen molar-refractivity contribution in [3.63, 3.8) is 0 Å². The Balaban J connectivity index is 2.31. The van der Waals surface area contributed by atoms with Crippen LogP contribution in [0.2, 0.25) is 5.02 Å². The number of halogens is 1. The molecule has 0 aliphatic rings. The molecule has 0 atom stereocenters. The van der Waals surface area contributed by atoms with Gasteiger partial charge in [0.05, 0.1) is 16.7 Å². The molecule has 1 aromatic carbocycles. The Morgan fingerprint density at radius 3 is 2.86 bits per heavy atom. The molecule has 0 spiro atoms. The highest BCUT2D eigenvalue weighted by molar-refractivity contribution is 7.92. The third-order valence-electron chi connectivity index (χ3n) is 2.74. The van der Waals surface area contributed by atoms with Gasteiger partial charge >= 0.3 is 0 Å². The lowest BCUT2D eigenvalue weighted by atomic mass is 10.2. The highest BCUT2D eigenvalue weighted by atomic mass is 35.5. The van der Waals surface area contributed by atoms with Crippen LogP contribution in [0.4, 0.5) is 5.82 Å². The first kappa shape index (κ1) is 15.4. The Bertz CT molecular complexity index is 793. The van der Waals surface area contributed by atoms with Crippen molar-refractivity contribution >= 4 is 27.4 Å². The van der Waals surface area contributed by atoms with Crippen LogP contribution in [-0.4, -0.2) is 18.6 Å². The van der Waals surface area contributed by atoms with Gasteiger partial charge in [0, 0.05) is 11.8 Å². The number of hydrogen-bond acceptors (Lipinski definition) is 4. The van der Waals surface area contributed by atoms with E-state index in [9.17, 15) is 8.42 Å². The number of hydrogen-bond donors (Lipinski definition) is 2. The van der Waals surface area contributed by atoms with Crippen LogP contribution in [0.3, 0.4) is 0 Å². The SMILES string of the molecule is CCCc1cc(NS(=O)(=O)c2cc(C#N)ccc2Cl)n[nH]1. The monoisotopic (exact) mass is 324 g/mol. The predicted octanol–water partition coefficient (Wildman–Crippen LogP) is 2.69. The van der Waals surface area contributed by atoms with Crippen molar-refractivity contribution in [2.45, 2.75) is 24.7 Å². The minimum Gasteiger partial charge on any atom is -0.280 e. The second-order valence-corrected chi connectivity index (χ2v) is 6.45. The molecule has 8 heteroatoms. The summed E-state index contributed by atoms with van der Waals surface area (Å²) in [6.07, 6.45) is 1.70. The van der Waals surface area contributed by atoms with Crippen molar-refractivity contribution in [2.75, 3.05) is 4.72 Å². The fourth-order valence-electron chi connectivity index (χ4n) is 1.78. The largest absolute Gasteiger partial charge is 0.280 e. The zero-order valence-corrected chi connectivity index (χ0v) is 12.8. The van der Waals surface area contributed by atoms with E-state index in [0.29, 0.717) is 0 Å². The quantitative estimate of drug-likeness (QED) is 0.883. The van der Waals surface area contributed by atoms with Gasteiger partial charge in [-0.15, -0.1) is 0 Å². The Hall–Kier alpha value is -2.04. The minimum absolute atomic E-state index is 0.0471. The lowest BCUT2D eigenvalue weighted by molar-refractivity contribution is 0.601. The highest BCUT2D eigenvalue weighted by Gasteiger charge is 2.20. The summed E-state index contributed by atoms with van der Waals surface area (Å²) in [4.78, 5) is -0.150. The summed E-state index contributed by atoms with van der Waals surface area (Å²) >= 11 is 5.90. The average molecular weight is 325 g/mol. The van der Waals surface area contributed by atoms with E-state index in [-0.39, 0.29) is 21.3 Å². The van der Waals surface area contributed by atoms with Gasteiger partial charge in [-0.2, -0.15) is 10.4 Å². The van der Waals surface area contributed by atoms with Crippen LogP contribution >= 0.6 is 11.6 Å². The van der Waals surface area contributed by atoms with Crippen molar-refractivity contribution in [3.8, 4) is 6.07 Å². The molecule has 110 valence electrons. The molecule has 1 heterocycles. The summed E-state index contributed by atoms with van der Waals surface area (Å²) in [7, 11) is -3.89. The van der Waals surface area contributed by atoms with E-state index in [2.05, 4.69) is 14.9 Å². The lowest BCUT2D eigenvalue weighted by Gasteiger charge is -2.07. The first-order valence-corrected chi connectivity index (χ1v) is 8.09. The van der Waals surface area contributed by atoms with Crippen molar-refractivity contribution in [1.29, 1.82) is 5.26 Å². The van der Waals surface area contributed by atoms with Crippen LogP contribution < -0.4 is 4.72 Å². The van der Waals surface area contributed by atoms with Gasteiger partial charge in [-0.1, -0.05) is 24.9 Å². The summed E-state index contributed by atoms with van der Waals surface area (Å²) in [5.74, 6) is 0.192. The van der Waals surface area contributed by atoms with Gasteiger partial charge in [-0.3, -0.25) is 9.82 Å². The summed E-state index contributed by atoms with van der Waals surface area (Å²) in [5.41, 5.74) is 1.06. The third kappa shape index (κ3) is 3.54. The van der Waals surface area contributed by atoms with E-state index in [1.54, 1.807) is 6.07 Å². The number of nitrogens with zero attached hydrogens (tertiary/aromatic N) is 2. The number of sulfonamides is 1. The van der Waals surface area contributed by atoms with Crippen LogP contribution in [0.25, 0.3) is 0 Å². The summed E-state index contributed by atoms with van der Waals surface area (Å²) in [5, 5.41) is 15.5. The molecule has 0 saturated carbocycles. The third-order valence-corrected chi connectivity index (χ3v) is 4.58. The topological polar surface area (TPSA) is 98.6 Å². The predicted molar refractivity (Wildman–Crippen MR) is 79.6 cm³/mol. The maximum Gasteiger partial charge on any atom is 0.264 e.